The lowest BCUT2D eigenvalue weighted by molar-refractivity contribution is 0.228. The minimum absolute atomic E-state index is 0.334. The smallest absolute Gasteiger partial charge is 0.0972 e. The van der Waals surface area contributed by atoms with E-state index in [0.29, 0.717) is 0 Å². The first-order chi connectivity index (χ1) is 11.6. The monoisotopic (exact) mass is 314 g/mol. The Kier molecular flexibility index (Phi) is 4.64. The summed E-state index contributed by atoms with van der Waals surface area (Å²) in [6.07, 6.45) is 5.17. The molecule has 1 heteroatoms. The summed E-state index contributed by atoms with van der Waals surface area (Å²) in [5, 5.41) is 12.8. The maximum atomic E-state index is 10.4. The highest BCUT2D eigenvalue weighted by atomic mass is 16.3. The standard InChI is InChI=1S/C23H22O/c1-3-23(2,16-15-22(24)19-10-5-4-6-11-19)21-14-13-18-9-7-8-12-20(18)17-21/h3-17,22,24H,1H2,2H3/b16-15+/t22-,23-/m1/s1. The highest BCUT2D eigenvalue weighted by molar-refractivity contribution is 5.83. The van der Waals surface area contributed by atoms with E-state index in [2.05, 4.69) is 43.8 Å². The molecule has 120 valence electrons. The molecule has 24 heavy (non-hydrogen) atoms. The van der Waals surface area contributed by atoms with Gasteiger partial charge < -0.3 is 5.11 Å². The zero-order valence-corrected chi connectivity index (χ0v) is 13.9. The van der Waals surface area contributed by atoms with Gasteiger partial charge in [-0.05, 0) is 34.9 Å². The Morgan fingerprint density at radius 2 is 1.58 bits per heavy atom. The van der Waals surface area contributed by atoms with Gasteiger partial charge in [0, 0.05) is 5.41 Å². The Morgan fingerprint density at radius 3 is 2.29 bits per heavy atom. The van der Waals surface area contributed by atoms with Gasteiger partial charge in [0.05, 0.1) is 6.10 Å². The maximum absolute atomic E-state index is 10.4. The predicted molar refractivity (Wildman–Crippen MR) is 102 cm³/mol. The van der Waals surface area contributed by atoms with Gasteiger partial charge >= 0.3 is 0 Å². The van der Waals surface area contributed by atoms with Crippen LogP contribution in [0.5, 0.6) is 0 Å². The average Bonchev–Trinajstić information content (AvgIpc) is 2.66. The highest BCUT2D eigenvalue weighted by Gasteiger charge is 2.20. The second-order valence-corrected chi connectivity index (χ2v) is 6.26. The van der Waals surface area contributed by atoms with Crippen LogP contribution in [-0.4, -0.2) is 5.11 Å². The van der Waals surface area contributed by atoms with Crippen LogP contribution in [-0.2, 0) is 5.41 Å². The van der Waals surface area contributed by atoms with Crippen molar-refractivity contribution < 1.29 is 5.11 Å². The van der Waals surface area contributed by atoms with E-state index in [4.69, 9.17) is 0 Å². The molecule has 0 heterocycles. The molecule has 0 radical (unpaired) electrons. The number of hydrogen-bond donors (Lipinski definition) is 1. The fourth-order valence-electron chi connectivity index (χ4n) is 2.86. The largest absolute Gasteiger partial charge is 0.384 e. The molecular weight excluding hydrogens is 292 g/mol. The first-order valence-corrected chi connectivity index (χ1v) is 8.18. The molecule has 0 aliphatic carbocycles. The molecule has 0 aliphatic heterocycles. The third-order valence-electron chi connectivity index (χ3n) is 4.56. The molecule has 1 N–H and O–H groups in total. The summed E-state index contributed by atoms with van der Waals surface area (Å²) in [6.45, 7) is 6.12. The van der Waals surface area contributed by atoms with Crippen molar-refractivity contribution in [2.45, 2.75) is 18.4 Å². The van der Waals surface area contributed by atoms with E-state index in [1.807, 2.05) is 60.7 Å². The molecule has 0 aromatic heterocycles. The Hall–Kier alpha value is -2.64. The molecule has 2 atom stereocenters. The summed E-state index contributed by atoms with van der Waals surface area (Å²) in [5.41, 5.74) is 1.71. The van der Waals surface area contributed by atoms with Crippen molar-refractivity contribution in [1.82, 2.24) is 0 Å². The lowest BCUT2D eigenvalue weighted by Gasteiger charge is -2.23. The quantitative estimate of drug-likeness (QED) is 0.610. The van der Waals surface area contributed by atoms with E-state index in [0.717, 1.165) is 11.1 Å². The molecule has 0 bridgehead atoms. The van der Waals surface area contributed by atoms with Crippen LogP contribution in [0.2, 0.25) is 0 Å². The van der Waals surface area contributed by atoms with Gasteiger partial charge in [-0.25, -0.2) is 0 Å². The molecule has 1 nitrogen and oxygen atoms in total. The number of fused-ring (bicyclic) bond motifs is 1. The molecular formula is C23H22O. The van der Waals surface area contributed by atoms with Gasteiger partial charge in [0.25, 0.3) is 0 Å². The topological polar surface area (TPSA) is 20.2 Å². The Bertz CT molecular complexity index is 863. The van der Waals surface area contributed by atoms with Gasteiger partial charge in [0.1, 0.15) is 0 Å². The van der Waals surface area contributed by atoms with E-state index in [1.165, 1.54) is 10.8 Å². The number of hydrogen-bond acceptors (Lipinski definition) is 1. The predicted octanol–water partition coefficient (Wildman–Crippen LogP) is 5.57. The Morgan fingerprint density at radius 1 is 0.917 bits per heavy atom. The summed E-state index contributed by atoms with van der Waals surface area (Å²) >= 11 is 0. The molecule has 0 aliphatic rings. The first kappa shape index (κ1) is 16.2. The third kappa shape index (κ3) is 3.32. The first-order valence-electron chi connectivity index (χ1n) is 8.18. The molecule has 3 aromatic rings. The Balaban J connectivity index is 1.92. The summed E-state index contributed by atoms with van der Waals surface area (Å²) in [4.78, 5) is 0. The summed E-state index contributed by atoms with van der Waals surface area (Å²) < 4.78 is 0. The van der Waals surface area contributed by atoms with Crippen molar-refractivity contribution in [2.24, 2.45) is 0 Å². The van der Waals surface area contributed by atoms with E-state index in [9.17, 15) is 5.11 Å². The van der Waals surface area contributed by atoms with Crippen molar-refractivity contribution in [1.29, 1.82) is 0 Å². The van der Waals surface area contributed by atoms with Crippen LogP contribution in [0.3, 0.4) is 0 Å². The summed E-state index contributed by atoms with van der Waals surface area (Å²) in [7, 11) is 0. The fourth-order valence-corrected chi connectivity index (χ4v) is 2.86. The lowest BCUT2D eigenvalue weighted by atomic mass is 9.81. The van der Waals surface area contributed by atoms with E-state index >= 15 is 0 Å². The molecule has 0 spiro atoms. The van der Waals surface area contributed by atoms with E-state index < -0.39 is 6.10 Å². The Labute approximate surface area is 143 Å². The molecule has 0 fully saturated rings. The summed E-state index contributed by atoms with van der Waals surface area (Å²) in [6, 6.07) is 24.4. The fraction of sp³-hybridized carbons (Fsp3) is 0.130. The van der Waals surface area contributed by atoms with Crippen molar-refractivity contribution >= 4 is 10.8 Å². The van der Waals surface area contributed by atoms with Crippen LogP contribution < -0.4 is 0 Å². The van der Waals surface area contributed by atoms with Crippen LogP contribution in [0.4, 0.5) is 0 Å². The second-order valence-electron chi connectivity index (χ2n) is 6.26. The number of aliphatic hydroxyl groups excluding tert-OH is 1. The van der Waals surface area contributed by atoms with Gasteiger partial charge in [-0.2, -0.15) is 0 Å². The molecule has 0 saturated heterocycles. The van der Waals surface area contributed by atoms with Crippen LogP contribution >= 0.6 is 0 Å². The van der Waals surface area contributed by atoms with Crippen LogP contribution in [0.15, 0.2) is 97.6 Å². The van der Waals surface area contributed by atoms with Crippen LogP contribution in [0.1, 0.15) is 24.2 Å². The second kappa shape index (κ2) is 6.86. The van der Waals surface area contributed by atoms with E-state index in [-0.39, 0.29) is 5.41 Å². The van der Waals surface area contributed by atoms with E-state index in [1.54, 1.807) is 0 Å². The SMILES string of the molecule is C=C[C@](C)(/C=C/[C@@H](O)c1ccccc1)c1ccc2ccccc2c1. The zero-order valence-electron chi connectivity index (χ0n) is 13.9. The third-order valence-corrected chi connectivity index (χ3v) is 4.56. The van der Waals surface area contributed by atoms with Crippen molar-refractivity contribution in [3.63, 3.8) is 0 Å². The van der Waals surface area contributed by atoms with Crippen molar-refractivity contribution in [3.8, 4) is 0 Å². The van der Waals surface area contributed by atoms with Gasteiger partial charge in [-0.15, -0.1) is 6.58 Å². The van der Waals surface area contributed by atoms with Crippen LogP contribution in [0.25, 0.3) is 10.8 Å². The highest BCUT2D eigenvalue weighted by Crippen LogP contribution is 2.30. The van der Waals surface area contributed by atoms with Crippen LogP contribution in [0, 0.1) is 0 Å². The minimum atomic E-state index is -0.620. The number of allylic oxidation sites excluding steroid dienone is 2. The molecule has 3 rings (SSSR count). The van der Waals surface area contributed by atoms with Gasteiger partial charge in [-0.3, -0.25) is 0 Å². The number of benzene rings is 3. The normalized spacial score (nSPS) is 15.2. The molecule has 0 unspecified atom stereocenters. The van der Waals surface area contributed by atoms with Gasteiger partial charge in [0.15, 0.2) is 0 Å². The van der Waals surface area contributed by atoms with Gasteiger partial charge in [-0.1, -0.05) is 85.0 Å². The van der Waals surface area contributed by atoms with Crippen molar-refractivity contribution in [3.05, 3.63) is 109 Å². The molecule has 3 aromatic carbocycles. The number of aliphatic hydroxyl groups is 1. The van der Waals surface area contributed by atoms with Gasteiger partial charge in [0.2, 0.25) is 0 Å². The average molecular weight is 314 g/mol. The summed E-state index contributed by atoms with van der Waals surface area (Å²) in [5.74, 6) is 0. The number of rotatable bonds is 5. The van der Waals surface area contributed by atoms with Crippen molar-refractivity contribution in [2.75, 3.05) is 0 Å². The lowest BCUT2D eigenvalue weighted by Crippen LogP contribution is -2.15. The molecule has 0 saturated carbocycles. The zero-order chi connectivity index (χ0) is 17.0. The minimum Gasteiger partial charge on any atom is -0.384 e. The molecule has 0 amide bonds. The maximum Gasteiger partial charge on any atom is 0.0972 e.